The molecule has 66 valence electrons. The van der Waals surface area contributed by atoms with Crippen molar-refractivity contribution in [3.8, 4) is 0 Å². The lowest BCUT2D eigenvalue weighted by Crippen LogP contribution is -2.24. The van der Waals surface area contributed by atoms with Crippen LogP contribution in [0.15, 0.2) is 0 Å². The second-order valence-electron chi connectivity index (χ2n) is 3.02. The second kappa shape index (κ2) is 4.70. The first-order valence-electron chi connectivity index (χ1n) is 4.32. The van der Waals surface area contributed by atoms with Crippen molar-refractivity contribution in [2.75, 3.05) is 19.8 Å². The Morgan fingerprint density at radius 3 is 3.00 bits per heavy atom. The van der Waals surface area contributed by atoms with Crippen molar-refractivity contribution >= 4 is 0 Å². The minimum absolute atomic E-state index is 0.228. The monoisotopic (exact) mass is 159 g/mol. The van der Waals surface area contributed by atoms with E-state index in [1.807, 2.05) is 0 Å². The average molecular weight is 159 g/mol. The molecule has 0 aromatic rings. The Morgan fingerprint density at radius 1 is 1.64 bits per heavy atom. The summed E-state index contributed by atoms with van der Waals surface area (Å²) in [5.74, 6) is 0. The Kier molecular flexibility index (Phi) is 3.83. The van der Waals surface area contributed by atoms with Crippen molar-refractivity contribution in [3.63, 3.8) is 0 Å². The SMILES string of the molecule is CCCOC1CNC(CO)C1. The fourth-order valence-electron chi connectivity index (χ4n) is 1.33. The number of nitrogens with one attached hydrogen (secondary N) is 1. The summed E-state index contributed by atoms with van der Waals surface area (Å²) in [7, 11) is 0. The lowest BCUT2D eigenvalue weighted by molar-refractivity contribution is 0.0643. The Hall–Kier alpha value is -0.120. The van der Waals surface area contributed by atoms with Crippen LogP contribution in [-0.2, 0) is 4.74 Å². The molecule has 1 saturated heterocycles. The molecule has 0 amide bonds. The van der Waals surface area contributed by atoms with Crippen LogP contribution < -0.4 is 5.32 Å². The normalized spacial score (nSPS) is 31.1. The Balaban J connectivity index is 2.09. The van der Waals surface area contributed by atoms with Crippen LogP contribution in [0.1, 0.15) is 19.8 Å². The molecule has 3 heteroatoms. The highest BCUT2D eigenvalue weighted by Gasteiger charge is 2.23. The van der Waals surface area contributed by atoms with E-state index in [1.54, 1.807) is 0 Å². The highest BCUT2D eigenvalue weighted by molar-refractivity contribution is 4.81. The van der Waals surface area contributed by atoms with Crippen LogP contribution in [0, 0.1) is 0 Å². The minimum atomic E-state index is 0.228. The molecule has 1 heterocycles. The van der Waals surface area contributed by atoms with Crippen molar-refractivity contribution in [2.45, 2.75) is 31.9 Å². The van der Waals surface area contributed by atoms with Gasteiger partial charge < -0.3 is 15.2 Å². The maximum atomic E-state index is 8.79. The summed E-state index contributed by atoms with van der Waals surface area (Å²) in [6.07, 6.45) is 2.35. The van der Waals surface area contributed by atoms with Crippen molar-refractivity contribution in [1.82, 2.24) is 5.32 Å². The van der Waals surface area contributed by atoms with Crippen LogP contribution in [-0.4, -0.2) is 37.0 Å². The van der Waals surface area contributed by atoms with Crippen LogP contribution in [0.2, 0.25) is 0 Å². The van der Waals surface area contributed by atoms with Crippen molar-refractivity contribution in [3.05, 3.63) is 0 Å². The van der Waals surface area contributed by atoms with Crippen molar-refractivity contribution in [2.24, 2.45) is 0 Å². The quantitative estimate of drug-likeness (QED) is 0.613. The molecule has 2 unspecified atom stereocenters. The zero-order chi connectivity index (χ0) is 8.10. The summed E-state index contributed by atoms with van der Waals surface area (Å²) in [4.78, 5) is 0. The van der Waals surface area contributed by atoms with Crippen molar-refractivity contribution < 1.29 is 9.84 Å². The van der Waals surface area contributed by atoms with E-state index >= 15 is 0 Å². The van der Waals surface area contributed by atoms with Gasteiger partial charge in [0.15, 0.2) is 0 Å². The van der Waals surface area contributed by atoms with Gasteiger partial charge in [-0.05, 0) is 12.8 Å². The number of ether oxygens (including phenoxy) is 1. The summed E-state index contributed by atoms with van der Waals surface area (Å²) >= 11 is 0. The molecule has 0 radical (unpaired) electrons. The molecule has 0 bridgehead atoms. The van der Waals surface area contributed by atoms with E-state index in [0.29, 0.717) is 6.10 Å². The van der Waals surface area contributed by atoms with Gasteiger partial charge in [0.05, 0.1) is 12.7 Å². The summed E-state index contributed by atoms with van der Waals surface area (Å²) < 4.78 is 5.51. The van der Waals surface area contributed by atoms with Crippen LogP contribution >= 0.6 is 0 Å². The molecule has 0 saturated carbocycles. The standard InChI is InChI=1S/C8H17NO2/c1-2-3-11-8-4-7(6-10)9-5-8/h7-10H,2-6H2,1H3. The summed E-state index contributed by atoms with van der Waals surface area (Å²) in [6.45, 7) is 4.06. The van der Waals surface area contributed by atoms with E-state index in [4.69, 9.17) is 9.84 Å². The number of hydrogen-bond acceptors (Lipinski definition) is 3. The average Bonchev–Trinajstić information content (AvgIpc) is 2.48. The predicted molar refractivity (Wildman–Crippen MR) is 43.5 cm³/mol. The highest BCUT2D eigenvalue weighted by Crippen LogP contribution is 2.09. The summed E-state index contributed by atoms with van der Waals surface area (Å²) in [6, 6.07) is 0.261. The third-order valence-electron chi connectivity index (χ3n) is 1.96. The van der Waals surface area contributed by atoms with Crippen LogP contribution in [0.25, 0.3) is 0 Å². The molecule has 1 fully saturated rings. The third-order valence-corrected chi connectivity index (χ3v) is 1.96. The van der Waals surface area contributed by atoms with E-state index in [2.05, 4.69) is 12.2 Å². The summed E-state index contributed by atoms with van der Waals surface area (Å²) in [5, 5.41) is 12.0. The van der Waals surface area contributed by atoms with Gasteiger partial charge in [-0.25, -0.2) is 0 Å². The van der Waals surface area contributed by atoms with Gasteiger partial charge in [0.25, 0.3) is 0 Å². The van der Waals surface area contributed by atoms with E-state index in [1.165, 1.54) is 0 Å². The fourth-order valence-corrected chi connectivity index (χ4v) is 1.33. The van der Waals surface area contributed by atoms with Gasteiger partial charge in [-0.3, -0.25) is 0 Å². The van der Waals surface area contributed by atoms with Gasteiger partial charge in [0, 0.05) is 19.2 Å². The van der Waals surface area contributed by atoms with E-state index in [9.17, 15) is 0 Å². The highest BCUT2D eigenvalue weighted by atomic mass is 16.5. The molecule has 0 aliphatic carbocycles. The number of aliphatic hydroxyl groups is 1. The molecule has 0 spiro atoms. The van der Waals surface area contributed by atoms with Crippen LogP contribution in [0.4, 0.5) is 0 Å². The first-order valence-corrected chi connectivity index (χ1v) is 4.32. The van der Waals surface area contributed by atoms with Gasteiger partial charge in [-0.1, -0.05) is 6.92 Å². The zero-order valence-corrected chi connectivity index (χ0v) is 7.05. The maximum absolute atomic E-state index is 8.79. The van der Waals surface area contributed by atoms with Crippen LogP contribution in [0.3, 0.4) is 0 Å². The molecular weight excluding hydrogens is 142 g/mol. The molecule has 0 aromatic carbocycles. The number of aliphatic hydroxyl groups excluding tert-OH is 1. The molecule has 0 aromatic heterocycles. The molecule has 1 rings (SSSR count). The lowest BCUT2D eigenvalue weighted by atomic mass is 10.2. The third kappa shape index (κ3) is 2.77. The molecular formula is C8H17NO2. The number of hydrogen-bond donors (Lipinski definition) is 2. The Labute approximate surface area is 67.7 Å². The predicted octanol–water partition coefficient (Wildman–Crippen LogP) is 0.136. The van der Waals surface area contributed by atoms with E-state index in [0.717, 1.165) is 26.0 Å². The van der Waals surface area contributed by atoms with Gasteiger partial charge in [-0.2, -0.15) is 0 Å². The minimum Gasteiger partial charge on any atom is -0.395 e. The van der Waals surface area contributed by atoms with Gasteiger partial charge in [0.1, 0.15) is 0 Å². The van der Waals surface area contributed by atoms with Gasteiger partial charge in [-0.15, -0.1) is 0 Å². The van der Waals surface area contributed by atoms with Gasteiger partial charge in [0.2, 0.25) is 0 Å². The van der Waals surface area contributed by atoms with Gasteiger partial charge >= 0.3 is 0 Å². The molecule has 2 atom stereocenters. The Bertz CT molecular complexity index is 108. The first-order chi connectivity index (χ1) is 5.36. The molecule has 2 N–H and O–H groups in total. The lowest BCUT2D eigenvalue weighted by Gasteiger charge is -2.08. The van der Waals surface area contributed by atoms with Crippen molar-refractivity contribution in [1.29, 1.82) is 0 Å². The van der Waals surface area contributed by atoms with E-state index < -0.39 is 0 Å². The summed E-state index contributed by atoms with van der Waals surface area (Å²) in [5.41, 5.74) is 0. The zero-order valence-electron chi connectivity index (χ0n) is 7.05. The molecule has 1 aliphatic rings. The topological polar surface area (TPSA) is 41.5 Å². The second-order valence-corrected chi connectivity index (χ2v) is 3.02. The molecule has 1 aliphatic heterocycles. The fraction of sp³-hybridized carbons (Fsp3) is 1.00. The Morgan fingerprint density at radius 2 is 2.45 bits per heavy atom. The number of rotatable bonds is 4. The van der Waals surface area contributed by atoms with Crippen LogP contribution in [0.5, 0.6) is 0 Å². The van der Waals surface area contributed by atoms with E-state index in [-0.39, 0.29) is 12.6 Å². The molecule has 3 nitrogen and oxygen atoms in total. The smallest absolute Gasteiger partial charge is 0.0715 e. The molecule has 11 heavy (non-hydrogen) atoms. The first kappa shape index (κ1) is 8.97. The largest absolute Gasteiger partial charge is 0.395 e. The maximum Gasteiger partial charge on any atom is 0.0715 e.